The minimum Gasteiger partial charge on any atom is -0.394 e. The number of hydrogen-bond donors (Lipinski definition) is 6. The van der Waals surface area contributed by atoms with Gasteiger partial charge in [0, 0.05) is 6.54 Å². The van der Waals surface area contributed by atoms with E-state index in [4.69, 9.17) is 20.1 Å². The van der Waals surface area contributed by atoms with Crippen LogP contribution in [0, 0.1) is 0 Å². The molecule has 1 heterocycles. The molecule has 1 rings (SSSR count). The number of ether oxygens (including phenoxy) is 2. The van der Waals surface area contributed by atoms with Crippen molar-refractivity contribution >= 4 is 0 Å². The molecule has 0 aliphatic carbocycles. The third-order valence-corrected chi connectivity index (χ3v) is 2.28. The Balaban J connectivity index is 2.68. The number of rotatable bonds is 5. The first-order valence-corrected chi connectivity index (χ1v) is 4.83. The summed E-state index contributed by atoms with van der Waals surface area (Å²) in [4.78, 5) is 0. The number of aliphatic hydroxyl groups excluding tert-OH is 3. The molecule has 0 aromatic carbocycles. The molecule has 0 spiro atoms. The zero-order valence-corrected chi connectivity index (χ0v) is 8.78. The van der Waals surface area contributed by atoms with Gasteiger partial charge in [0.15, 0.2) is 0 Å². The van der Waals surface area contributed by atoms with Crippen LogP contribution in [0.4, 0.5) is 0 Å². The van der Waals surface area contributed by atoms with Crippen LogP contribution in [0.5, 0.6) is 0 Å². The maximum atomic E-state index is 9.58. The number of likely N-dealkylation sites (N-methyl/N-ethyl adjacent to an activating group) is 1. The smallest absolute Gasteiger partial charge is 0.394 e. The molecule has 4 atom stereocenters. The Hall–Kier alpha value is -0.320. The van der Waals surface area contributed by atoms with Crippen LogP contribution in [0.3, 0.4) is 0 Å². The molecule has 0 saturated carbocycles. The number of nitrogens with one attached hydrogen (secondary N) is 1. The van der Waals surface area contributed by atoms with Gasteiger partial charge in [0.1, 0.15) is 24.4 Å². The fourth-order valence-corrected chi connectivity index (χ4v) is 1.52. The molecular weight excluding hydrogens is 222 g/mol. The van der Waals surface area contributed by atoms with E-state index in [0.29, 0.717) is 0 Å². The predicted octanol–water partition coefficient (Wildman–Crippen LogP) is -3.70. The standard InChI is InChI=1S/C8H17NO7/c1-9-2-5-7(6(12)4(11)3-10)16-8(13,14)15-5/h4-7,9-14H,2-3H2,1H3. The molecule has 0 amide bonds. The molecule has 0 radical (unpaired) electrons. The lowest BCUT2D eigenvalue weighted by Gasteiger charge is -2.24. The van der Waals surface area contributed by atoms with Crippen molar-refractivity contribution in [3.63, 3.8) is 0 Å². The van der Waals surface area contributed by atoms with Crippen molar-refractivity contribution in [2.75, 3.05) is 20.2 Å². The summed E-state index contributed by atoms with van der Waals surface area (Å²) in [5.74, 6) is 0. The van der Waals surface area contributed by atoms with E-state index in [1.807, 2.05) is 0 Å². The summed E-state index contributed by atoms with van der Waals surface area (Å²) >= 11 is 0. The highest BCUT2D eigenvalue weighted by Gasteiger charge is 2.49. The molecule has 6 N–H and O–H groups in total. The van der Waals surface area contributed by atoms with Gasteiger partial charge < -0.3 is 30.8 Å². The van der Waals surface area contributed by atoms with Crippen LogP contribution < -0.4 is 5.32 Å². The maximum Gasteiger partial charge on any atom is 0.408 e. The molecular formula is C8H17NO7. The van der Waals surface area contributed by atoms with Gasteiger partial charge in [-0.25, -0.2) is 0 Å². The second kappa shape index (κ2) is 5.34. The van der Waals surface area contributed by atoms with Gasteiger partial charge in [0.05, 0.1) is 6.61 Å². The van der Waals surface area contributed by atoms with Crippen molar-refractivity contribution < 1.29 is 35.0 Å². The highest BCUT2D eigenvalue weighted by molar-refractivity contribution is 4.87. The summed E-state index contributed by atoms with van der Waals surface area (Å²) in [7, 11) is 1.60. The summed E-state index contributed by atoms with van der Waals surface area (Å²) in [5, 5.41) is 48.4. The highest BCUT2D eigenvalue weighted by Crippen LogP contribution is 2.27. The molecule has 0 aromatic heterocycles. The first kappa shape index (κ1) is 13.7. The Morgan fingerprint density at radius 2 is 1.94 bits per heavy atom. The number of hydrogen-bond acceptors (Lipinski definition) is 8. The van der Waals surface area contributed by atoms with Crippen LogP contribution in [0.1, 0.15) is 0 Å². The lowest BCUT2D eigenvalue weighted by atomic mass is 10.0. The van der Waals surface area contributed by atoms with Crippen LogP contribution in [0.15, 0.2) is 0 Å². The molecule has 0 bridgehead atoms. The molecule has 4 unspecified atom stereocenters. The van der Waals surface area contributed by atoms with Crippen molar-refractivity contribution in [2.24, 2.45) is 0 Å². The van der Waals surface area contributed by atoms with E-state index in [-0.39, 0.29) is 6.54 Å². The molecule has 16 heavy (non-hydrogen) atoms. The SMILES string of the molecule is CNCC1OC(O)(O)OC1C(O)C(O)CO. The van der Waals surface area contributed by atoms with Crippen LogP contribution in [0.2, 0.25) is 0 Å². The van der Waals surface area contributed by atoms with Crippen molar-refractivity contribution in [2.45, 2.75) is 30.6 Å². The first-order chi connectivity index (χ1) is 7.41. The van der Waals surface area contributed by atoms with Gasteiger partial charge in [-0.3, -0.25) is 9.47 Å². The summed E-state index contributed by atoms with van der Waals surface area (Å²) in [5.41, 5.74) is 0. The topological polar surface area (TPSA) is 132 Å². The zero-order valence-electron chi connectivity index (χ0n) is 8.78. The van der Waals surface area contributed by atoms with E-state index in [1.54, 1.807) is 7.05 Å². The largest absolute Gasteiger partial charge is 0.408 e. The van der Waals surface area contributed by atoms with Gasteiger partial charge in [0.25, 0.3) is 0 Å². The lowest BCUT2D eigenvalue weighted by Crippen LogP contribution is -2.47. The maximum absolute atomic E-state index is 9.58. The first-order valence-electron chi connectivity index (χ1n) is 4.83. The Bertz CT molecular complexity index is 224. The van der Waals surface area contributed by atoms with E-state index in [9.17, 15) is 10.2 Å². The molecule has 8 heteroatoms. The summed E-state index contributed by atoms with van der Waals surface area (Å²) in [6.45, 7) is -0.486. The number of aliphatic hydroxyl groups is 5. The summed E-state index contributed by atoms with van der Waals surface area (Å²) in [6, 6.07) is 0. The molecule has 1 aliphatic rings. The van der Waals surface area contributed by atoms with Gasteiger partial charge in [-0.15, -0.1) is 0 Å². The van der Waals surface area contributed by atoms with Crippen molar-refractivity contribution in [1.82, 2.24) is 5.32 Å². The summed E-state index contributed by atoms with van der Waals surface area (Å²) in [6.07, 6.45) is -7.71. The van der Waals surface area contributed by atoms with Crippen molar-refractivity contribution in [3.8, 4) is 0 Å². The highest BCUT2D eigenvalue weighted by atomic mass is 17.0. The molecule has 1 aliphatic heterocycles. The molecule has 0 aromatic rings. The Labute approximate surface area is 92.0 Å². The van der Waals surface area contributed by atoms with Gasteiger partial charge in [-0.2, -0.15) is 0 Å². The van der Waals surface area contributed by atoms with Crippen LogP contribution in [-0.4, -0.2) is 76.3 Å². The quantitative estimate of drug-likeness (QED) is 0.270. The fraction of sp³-hybridized carbons (Fsp3) is 1.00. The molecule has 96 valence electrons. The van der Waals surface area contributed by atoms with E-state index < -0.39 is 37.2 Å². The van der Waals surface area contributed by atoms with E-state index in [2.05, 4.69) is 10.1 Å². The third-order valence-electron chi connectivity index (χ3n) is 2.28. The van der Waals surface area contributed by atoms with Crippen LogP contribution in [-0.2, 0) is 9.47 Å². The molecule has 1 fully saturated rings. The van der Waals surface area contributed by atoms with E-state index in [1.165, 1.54) is 0 Å². The van der Waals surface area contributed by atoms with Crippen LogP contribution in [0.25, 0.3) is 0 Å². The second-order valence-corrected chi connectivity index (χ2v) is 3.59. The second-order valence-electron chi connectivity index (χ2n) is 3.59. The Morgan fingerprint density at radius 1 is 1.31 bits per heavy atom. The lowest BCUT2D eigenvalue weighted by molar-refractivity contribution is -0.439. The third kappa shape index (κ3) is 3.09. The predicted molar refractivity (Wildman–Crippen MR) is 49.9 cm³/mol. The summed E-state index contributed by atoms with van der Waals surface area (Å²) < 4.78 is 9.32. The zero-order chi connectivity index (χ0) is 12.3. The van der Waals surface area contributed by atoms with Gasteiger partial charge in [0.2, 0.25) is 0 Å². The van der Waals surface area contributed by atoms with Crippen molar-refractivity contribution in [3.05, 3.63) is 0 Å². The van der Waals surface area contributed by atoms with E-state index >= 15 is 0 Å². The fourth-order valence-electron chi connectivity index (χ4n) is 1.52. The van der Waals surface area contributed by atoms with E-state index in [0.717, 1.165) is 0 Å². The minimum atomic E-state index is -2.79. The van der Waals surface area contributed by atoms with Crippen molar-refractivity contribution in [1.29, 1.82) is 0 Å². The normalized spacial score (nSPS) is 32.6. The average molecular weight is 239 g/mol. The molecule has 8 nitrogen and oxygen atoms in total. The van der Waals surface area contributed by atoms with Gasteiger partial charge in [-0.05, 0) is 7.05 Å². The van der Waals surface area contributed by atoms with Crippen LogP contribution >= 0.6 is 0 Å². The average Bonchev–Trinajstić information content (AvgIpc) is 2.52. The minimum absolute atomic E-state index is 0.183. The molecule has 1 saturated heterocycles. The monoisotopic (exact) mass is 239 g/mol. The van der Waals surface area contributed by atoms with Gasteiger partial charge >= 0.3 is 6.16 Å². The Morgan fingerprint density at radius 3 is 2.44 bits per heavy atom. The van der Waals surface area contributed by atoms with Gasteiger partial charge in [-0.1, -0.05) is 0 Å². The Kier molecular flexibility index (Phi) is 4.59.